The summed E-state index contributed by atoms with van der Waals surface area (Å²) in [6.07, 6.45) is 3.08. The van der Waals surface area contributed by atoms with E-state index in [1.54, 1.807) is 12.3 Å². The molecule has 1 aromatic heterocycles. The molecule has 0 aliphatic carbocycles. The van der Waals surface area contributed by atoms with Crippen molar-refractivity contribution in [3.8, 4) is 11.6 Å². The maximum absolute atomic E-state index is 12.6. The summed E-state index contributed by atoms with van der Waals surface area (Å²) in [5.41, 5.74) is 3.27. The molecule has 0 atom stereocenters. The molecule has 2 aromatic rings. The molecule has 0 spiro atoms. The summed E-state index contributed by atoms with van der Waals surface area (Å²) in [4.78, 5) is 8.65. The molecule has 9 heteroatoms. The average molecular weight is 419 g/mol. The van der Waals surface area contributed by atoms with E-state index in [1.165, 1.54) is 12.7 Å². The number of aromatic nitrogens is 1. The highest BCUT2D eigenvalue weighted by Gasteiger charge is 2.23. The molecule has 0 amide bonds. The number of sulfonamides is 1. The van der Waals surface area contributed by atoms with E-state index in [4.69, 9.17) is 9.47 Å². The Hall–Kier alpha value is -2.52. The molecule has 4 bridgehead atoms. The van der Waals surface area contributed by atoms with Crippen LogP contribution in [0.4, 0.5) is 17.1 Å². The van der Waals surface area contributed by atoms with E-state index in [0.717, 1.165) is 36.6 Å². The summed E-state index contributed by atoms with van der Waals surface area (Å²) in [5.74, 6) is 1.12. The van der Waals surface area contributed by atoms with Crippen LogP contribution in [0.1, 0.15) is 18.4 Å². The Morgan fingerprint density at radius 1 is 1.21 bits per heavy atom. The molecular formula is C20H26N4O4S. The number of anilines is 3. The Morgan fingerprint density at radius 3 is 2.90 bits per heavy atom. The second-order valence-corrected chi connectivity index (χ2v) is 9.26. The first-order valence-corrected chi connectivity index (χ1v) is 11.4. The van der Waals surface area contributed by atoms with Gasteiger partial charge in [-0.1, -0.05) is 6.07 Å². The number of rotatable bonds is 1. The molecule has 1 aromatic carbocycles. The van der Waals surface area contributed by atoms with Crippen molar-refractivity contribution in [2.45, 2.75) is 19.4 Å². The zero-order chi connectivity index (χ0) is 20.4. The number of pyridine rings is 1. The minimum Gasteiger partial charge on any atom is -0.490 e. The maximum Gasteiger partial charge on any atom is 0.238 e. The summed E-state index contributed by atoms with van der Waals surface area (Å²) in [7, 11) is 0.0370. The van der Waals surface area contributed by atoms with Gasteiger partial charge in [-0.2, -0.15) is 0 Å². The molecule has 0 fully saturated rings. The Balaban J connectivity index is 1.81. The van der Waals surface area contributed by atoms with E-state index in [9.17, 15) is 8.42 Å². The van der Waals surface area contributed by atoms with Crippen molar-refractivity contribution < 1.29 is 17.9 Å². The minimum absolute atomic E-state index is 0.0592. The average Bonchev–Trinajstić information content (AvgIpc) is 2.70. The van der Waals surface area contributed by atoms with Gasteiger partial charge in [0.1, 0.15) is 18.0 Å². The second-order valence-electron chi connectivity index (χ2n) is 7.42. The fourth-order valence-electron chi connectivity index (χ4n) is 3.74. The molecule has 29 heavy (non-hydrogen) atoms. The van der Waals surface area contributed by atoms with Gasteiger partial charge in [0.25, 0.3) is 0 Å². The first kappa shape index (κ1) is 19.8. The van der Waals surface area contributed by atoms with Gasteiger partial charge in [0, 0.05) is 6.54 Å². The van der Waals surface area contributed by atoms with Gasteiger partial charge in [0.05, 0.1) is 37.0 Å². The van der Waals surface area contributed by atoms with Crippen LogP contribution in [0.15, 0.2) is 30.5 Å². The molecule has 4 rings (SSSR count). The number of benzene rings is 1. The Kier molecular flexibility index (Phi) is 5.51. The van der Waals surface area contributed by atoms with Crippen LogP contribution in [0, 0.1) is 0 Å². The number of hydrogen-bond acceptors (Lipinski definition) is 7. The predicted octanol–water partition coefficient (Wildman–Crippen LogP) is 2.59. The van der Waals surface area contributed by atoms with Crippen LogP contribution in [-0.4, -0.2) is 57.9 Å². The molecular weight excluding hydrogens is 392 g/mol. The topological polar surface area (TPSA) is 84.0 Å². The SMILES string of the molecule is COc1ncc2cc1NS(=O)(=O)CCCCN(C)Cc1ccc3c(c1)N2CCO3. The predicted molar refractivity (Wildman–Crippen MR) is 113 cm³/mol. The highest BCUT2D eigenvalue weighted by molar-refractivity contribution is 7.92. The first-order valence-electron chi connectivity index (χ1n) is 9.71. The quantitative estimate of drug-likeness (QED) is 0.762. The molecule has 2 aliphatic heterocycles. The molecule has 0 unspecified atom stereocenters. The largest absolute Gasteiger partial charge is 0.490 e. The smallest absolute Gasteiger partial charge is 0.238 e. The van der Waals surface area contributed by atoms with E-state index in [0.29, 0.717) is 25.3 Å². The molecule has 0 saturated heterocycles. The lowest BCUT2D eigenvalue weighted by Crippen LogP contribution is -2.29. The van der Waals surface area contributed by atoms with E-state index in [2.05, 4.69) is 38.7 Å². The van der Waals surface area contributed by atoms with Crippen LogP contribution in [0.3, 0.4) is 0 Å². The van der Waals surface area contributed by atoms with Gasteiger partial charge < -0.3 is 19.3 Å². The third kappa shape index (κ3) is 4.40. The van der Waals surface area contributed by atoms with Crippen LogP contribution >= 0.6 is 0 Å². The first-order chi connectivity index (χ1) is 13.9. The van der Waals surface area contributed by atoms with Crippen LogP contribution in [0.2, 0.25) is 0 Å². The molecule has 0 radical (unpaired) electrons. The summed E-state index contributed by atoms with van der Waals surface area (Å²) in [6, 6.07) is 8.00. The van der Waals surface area contributed by atoms with Crippen LogP contribution in [0.5, 0.6) is 11.6 Å². The van der Waals surface area contributed by atoms with Crippen molar-refractivity contribution in [1.29, 1.82) is 0 Å². The molecule has 156 valence electrons. The lowest BCUT2D eigenvalue weighted by atomic mass is 10.1. The van der Waals surface area contributed by atoms with Crippen LogP contribution < -0.4 is 19.1 Å². The molecule has 1 N–H and O–H groups in total. The zero-order valence-corrected chi connectivity index (χ0v) is 17.5. The van der Waals surface area contributed by atoms with Gasteiger partial charge in [-0.15, -0.1) is 0 Å². The molecule has 0 saturated carbocycles. The Labute approximate surface area is 171 Å². The van der Waals surface area contributed by atoms with Crippen molar-refractivity contribution in [2.24, 2.45) is 0 Å². The van der Waals surface area contributed by atoms with E-state index < -0.39 is 10.0 Å². The fraction of sp³-hybridized carbons (Fsp3) is 0.450. The summed E-state index contributed by atoms with van der Waals surface area (Å²) in [6.45, 7) is 2.80. The molecule has 3 heterocycles. The summed E-state index contributed by atoms with van der Waals surface area (Å²) in [5, 5.41) is 0. The van der Waals surface area contributed by atoms with Crippen molar-refractivity contribution in [3.05, 3.63) is 36.0 Å². The lowest BCUT2D eigenvalue weighted by molar-refractivity contribution is 0.310. The van der Waals surface area contributed by atoms with Crippen molar-refractivity contribution >= 4 is 27.1 Å². The highest BCUT2D eigenvalue weighted by Crippen LogP contribution is 2.39. The monoisotopic (exact) mass is 418 g/mol. The third-order valence-electron chi connectivity index (χ3n) is 5.15. The van der Waals surface area contributed by atoms with Crippen LogP contribution in [0.25, 0.3) is 0 Å². The van der Waals surface area contributed by atoms with Crippen LogP contribution in [-0.2, 0) is 16.6 Å². The molecule has 8 nitrogen and oxygen atoms in total. The third-order valence-corrected chi connectivity index (χ3v) is 6.51. The Bertz CT molecular complexity index is 996. The van der Waals surface area contributed by atoms with Crippen molar-refractivity contribution in [2.75, 3.05) is 49.2 Å². The van der Waals surface area contributed by atoms with Crippen molar-refractivity contribution in [1.82, 2.24) is 9.88 Å². The standard InChI is InChI=1S/C20H26N4O4S/c1-23-7-3-4-10-29(25,26)22-17-12-16(13-21-20(17)27-2)24-8-9-28-19-6-5-15(14-23)11-18(19)24/h5-6,11-13,22H,3-4,7-10,14H2,1-2H3. The van der Waals surface area contributed by atoms with Gasteiger partial charge in [0.2, 0.25) is 15.9 Å². The van der Waals surface area contributed by atoms with Gasteiger partial charge in [0.15, 0.2) is 0 Å². The number of hydrogen-bond donors (Lipinski definition) is 1. The van der Waals surface area contributed by atoms with E-state index in [1.807, 2.05) is 6.07 Å². The van der Waals surface area contributed by atoms with Gasteiger partial charge in [-0.05, 0) is 50.2 Å². The van der Waals surface area contributed by atoms with Gasteiger partial charge >= 0.3 is 0 Å². The van der Waals surface area contributed by atoms with E-state index >= 15 is 0 Å². The number of nitrogens with zero attached hydrogens (tertiary/aromatic N) is 3. The van der Waals surface area contributed by atoms with Gasteiger partial charge in [-0.3, -0.25) is 4.72 Å². The van der Waals surface area contributed by atoms with Crippen molar-refractivity contribution in [3.63, 3.8) is 0 Å². The number of nitrogens with one attached hydrogen (secondary N) is 1. The Morgan fingerprint density at radius 2 is 2.07 bits per heavy atom. The van der Waals surface area contributed by atoms with E-state index in [-0.39, 0.29) is 11.6 Å². The fourth-order valence-corrected chi connectivity index (χ4v) is 4.91. The summed E-state index contributed by atoms with van der Waals surface area (Å²) < 4.78 is 39.0. The minimum atomic E-state index is -3.50. The zero-order valence-electron chi connectivity index (χ0n) is 16.7. The number of methoxy groups -OCH3 is 1. The number of fused-ring (bicyclic) bond motifs is 4. The number of ether oxygens (including phenoxy) is 2. The lowest BCUT2D eigenvalue weighted by Gasteiger charge is -2.32. The second kappa shape index (κ2) is 8.08. The summed E-state index contributed by atoms with van der Waals surface area (Å²) >= 11 is 0. The highest BCUT2D eigenvalue weighted by atomic mass is 32.2. The molecule has 2 aliphatic rings. The normalized spacial score (nSPS) is 19.3. The van der Waals surface area contributed by atoms with Gasteiger partial charge in [-0.25, -0.2) is 13.4 Å². The maximum atomic E-state index is 12.6.